The summed E-state index contributed by atoms with van der Waals surface area (Å²) >= 11 is 0. The normalized spacial score (nSPS) is 13.4. The molecule has 3 aromatic rings. The Morgan fingerprint density at radius 3 is 2.54 bits per heavy atom. The molecule has 8 heteroatoms. The topological polar surface area (TPSA) is 47.2 Å². The van der Waals surface area contributed by atoms with E-state index in [9.17, 15) is 22.4 Å². The first-order chi connectivity index (χ1) is 13.3. The van der Waals surface area contributed by atoms with Crippen LogP contribution in [0.5, 0.6) is 0 Å². The Bertz CT molecular complexity index is 1130. The molecule has 0 fully saturated rings. The van der Waals surface area contributed by atoms with E-state index in [0.29, 0.717) is 23.5 Å². The largest absolute Gasteiger partial charge is 0.416 e. The highest BCUT2D eigenvalue weighted by atomic mass is 19.4. The van der Waals surface area contributed by atoms with Crippen LogP contribution in [-0.4, -0.2) is 21.5 Å². The fraction of sp³-hybridized carbons (Fsp3) is 0.150. The van der Waals surface area contributed by atoms with E-state index < -0.39 is 17.6 Å². The molecular formula is C20H13F4N3O. The molecule has 142 valence electrons. The Hall–Kier alpha value is -3.29. The van der Waals surface area contributed by atoms with Crippen LogP contribution in [-0.2, 0) is 12.7 Å². The molecule has 0 unspecified atom stereocenters. The lowest BCUT2D eigenvalue weighted by molar-refractivity contribution is -0.137. The zero-order valence-corrected chi connectivity index (χ0v) is 14.6. The summed E-state index contributed by atoms with van der Waals surface area (Å²) in [5.41, 5.74) is 0.325. The van der Waals surface area contributed by atoms with Gasteiger partial charge in [0.2, 0.25) is 0 Å². The number of carbonyl (C=O) groups is 1. The fourth-order valence-corrected chi connectivity index (χ4v) is 3.33. The molecule has 0 spiro atoms. The first-order valence-corrected chi connectivity index (χ1v) is 8.36. The van der Waals surface area contributed by atoms with E-state index in [-0.39, 0.29) is 29.1 Å². The third kappa shape index (κ3) is 2.81. The molecule has 2 aromatic carbocycles. The van der Waals surface area contributed by atoms with Crippen molar-refractivity contribution in [3.05, 3.63) is 82.2 Å². The number of nitrogens with zero attached hydrogens (tertiary/aromatic N) is 3. The van der Waals surface area contributed by atoms with E-state index in [1.807, 2.05) is 0 Å². The van der Waals surface area contributed by atoms with Crippen molar-refractivity contribution in [3.63, 3.8) is 0 Å². The average molecular weight is 387 g/mol. The van der Waals surface area contributed by atoms with Crippen molar-refractivity contribution in [2.75, 3.05) is 0 Å². The number of halogens is 4. The molecule has 0 N–H and O–H groups in total. The fourth-order valence-electron chi connectivity index (χ4n) is 3.33. The van der Waals surface area contributed by atoms with Crippen LogP contribution in [0.2, 0.25) is 0 Å². The van der Waals surface area contributed by atoms with Crippen LogP contribution in [0.25, 0.3) is 5.69 Å². The van der Waals surface area contributed by atoms with E-state index in [1.54, 1.807) is 13.0 Å². The van der Waals surface area contributed by atoms with Gasteiger partial charge in [0.15, 0.2) is 6.29 Å². The Kier molecular flexibility index (Phi) is 4.14. The maximum atomic E-state index is 14.4. The van der Waals surface area contributed by atoms with Gasteiger partial charge in [-0.05, 0) is 37.3 Å². The van der Waals surface area contributed by atoms with E-state index in [1.165, 1.54) is 28.8 Å². The number of aldehydes is 1. The van der Waals surface area contributed by atoms with Gasteiger partial charge in [-0.2, -0.15) is 13.2 Å². The van der Waals surface area contributed by atoms with Crippen molar-refractivity contribution in [2.45, 2.75) is 19.6 Å². The minimum Gasteiger partial charge on any atom is -0.296 e. The summed E-state index contributed by atoms with van der Waals surface area (Å²) in [6.45, 7) is 1.63. The molecule has 0 aliphatic carbocycles. The van der Waals surface area contributed by atoms with Gasteiger partial charge in [0, 0.05) is 11.1 Å². The van der Waals surface area contributed by atoms with E-state index in [0.717, 1.165) is 12.1 Å². The summed E-state index contributed by atoms with van der Waals surface area (Å²) in [7, 11) is 0. The lowest BCUT2D eigenvalue weighted by atomic mass is 9.97. The smallest absolute Gasteiger partial charge is 0.296 e. The first-order valence-electron chi connectivity index (χ1n) is 8.36. The number of fused-ring (bicyclic) bond motifs is 3. The highest BCUT2D eigenvalue weighted by Crippen LogP contribution is 2.34. The molecule has 1 aliphatic heterocycles. The van der Waals surface area contributed by atoms with Crippen LogP contribution in [0.3, 0.4) is 0 Å². The van der Waals surface area contributed by atoms with Crippen LogP contribution < -0.4 is 0 Å². The monoisotopic (exact) mass is 387 g/mol. The molecule has 0 saturated carbocycles. The second-order valence-electron chi connectivity index (χ2n) is 6.33. The van der Waals surface area contributed by atoms with Crippen molar-refractivity contribution in [3.8, 4) is 5.69 Å². The Morgan fingerprint density at radius 1 is 1.11 bits per heavy atom. The maximum Gasteiger partial charge on any atom is 0.416 e. The summed E-state index contributed by atoms with van der Waals surface area (Å²) < 4.78 is 55.9. The minimum absolute atomic E-state index is 0.00558. The molecule has 4 nitrogen and oxygen atoms in total. The molecule has 28 heavy (non-hydrogen) atoms. The zero-order valence-electron chi connectivity index (χ0n) is 14.6. The van der Waals surface area contributed by atoms with Crippen LogP contribution in [0, 0.1) is 12.7 Å². The standard InChI is InChI=1S/C20H13F4N3O/c1-11-17(10-28)27-16-7-6-12(20(22,23)24)8-14(16)19(25-9-18(27)26-11)13-4-2-3-5-15(13)21/h2-8,10H,9H2,1H3. The molecule has 0 bridgehead atoms. The van der Waals surface area contributed by atoms with Gasteiger partial charge < -0.3 is 0 Å². The molecule has 4 rings (SSSR count). The summed E-state index contributed by atoms with van der Waals surface area (Å²) in [4.78, 5) is 20.2. The Morgan fingerprint density at radius 2 is 1.86 bits per heavy atom. The van der Waals surface area contributed by atoms with Gasteiger partial charge in [-0.25, -0.2) is 9.37 Å². The van der Waals surface area contributed by atoms with Crippen LogP contribution in [0.4, 0.5) is 17.6 Å². The van der Waals surface area contributed by atoms with Gasteiger partial charge in [0.05, 0.1) is 29.2 Å². The third-order valence-electron chi connectivity index (χ3n) is 4.61. The van der Waals surface area contributed by atoms with E-state index in [4.69, 9.17) is 0 Å². The Balaban J connectivity index is 2.06. The third-order valence-corrected chi connectivity index (χ3v) is 4.61. The number of alkyl halides is 3. The minimum atomic E-state index is -4.58. The quantitative estimate of drug-likeness (QED) is 0.480. The number of hydrogen-bond acceptors (Lipinski definition) is 3. The van der Waals surface area contributed by atoms with Gasteiger partial charge in [-0.15, -0.1) is 0 Å². The summed E-state index contributed by atoms with van der Waals surface area (Å²) in [6.07, 6.45) is -3.98. The SMILES string of the molecule is Cc1nc2n(c1C=O)-c1ccc(C(F)(F)F)cc1C(c1ccccc1F)=NC2. The molecule has 0 atom stereocenters. The number of hydrogen-bond donors (Lipinski definition) is 0. The molecule has 0 saturated heterocycles. The van der Waals surface area contributed by atoms with Gasteiger partial charge in [0.25, 0.3) is 0 Å². The van der Waals surface area contributed by atoms with Gasteiger partial charge in [-0.1, -0.05) is 12.1 Å². The first kappa shape index (κ1) is 18.1. The molecule has 0 radical (unpaired) electrons. The number of rotatable bonds is 2. The second-order valence-corrected chi connectivity index (χ2v) is 6.33. The van der Waals surface area contributed by atoms with E-state index >= 15 is 0 Å². The lowest BCUT2D eigenvalue weighted by Crippen LogP contribution is -2.13. The molecular weight excluding hydrogens is 374 g/mol. The molecule has 2 heterocycles. The van der Waals surface area contributed by atoms with Crippen LogP contribution >= 0.6 is 0 Å². The van der Waals surface area contributed by atoms with Gasteiger partial charge in [-0.3, -0.25) is 14.4 Å². The second kappa shape index (κ2) is 6.40. The van der Waals surface area contributed by atoms with Crippen molar-refractivity contribution < 1.29 is 22.4 Å². The number of aliphatic imine (C=N–C) groups is 1. The molecule has 0 amide bonds. The number of aryl methyl sites for hydroxylation is 1. The number of aromatic nitrogens is 2. The maximum absolute atomic E-state index is 14.4. The zero-order chi connectivity index (χ0) is 20.1. The van der Waals surface area contributed by atoms with Crippen molar-refractivity contribution in [1.29, 1.82) is 0 Å². The van der Waals surface area contributed by atoms with Gasteiger partial charge >= 0.3 is 6.18 Å². The van der Waals surface area contributed by atoms with Crippen molar-refractivity contribution in [2.24, 2.45) is 4.99 Å². The Labute approximate surface area is 157 Å². The summed E-state index contributed by atoms with van der Waals surface area (Å²) in [5.74, 6) is -0.206. The summed E-state index contributed by atoms with van der Waals surface area (Å²) in [6, 6.07) is 8.86. The predicted octanol–water partition coefficient (Wildman–Crippen LogP) is 4.50. The van der Waals surface area contributed by atoms with E-state index in [2.05, 4.69) is 9.98 Å². The predicted molar refractivity (Wildman–Crippen MR) is 94.4 cm³/mol. The van der Waals surface area contributed by atoms with Crippen molar-refractivity contribution >= 4 is 12.0 Å². The highest BCUT2D eigenvalue weighted by molar-refractivity contribution is 6.15. The number of imidazole rings is 1. The lowest BCUT2D eigenvalue weighted by Gasteiger charge is -2.16. The van der Waals surface area contributed by atoms with Gasteiger partial charge in [0.1, 0.15) is 17.3 Å². The van der Waals surface area contributed by atoms with Crippen LogP contribution in [0.1, 0.15) is 38.7 Å². The van der Waals surface area contributed by atoms with Crippen molar-refractivity contribution in [1.82, 2.24) is 9.55 Å². The number of carbonyl (C=O) groups excluding carboxylic acids is 1. The number of benzene rings is 2. The molecule has 1 aliphatic rings. The highest BCUT2D eigenvalue weighted by Gasteiger charge is 2.33. The average Bonchev–Trinajstić information content (AvgIpc) is 2.88. The molecule has 1 aromatic heterocycles. The summed E-state index contributed by atoms with van der Waals surface area (Å²) in [5, 5.41) is 0. The van der Waals surface area contributed by atoms with Crippen LogP contribution in [0.15, 0.2) is 47.5 Å².